The molecule has 5 heteroatoms. The minimum absolute atomic E-state index is 0.173. The molecule has 0 aromatic heterocycles. The topological polar surface area (TPSA) is 38.8 Å². The molecule has 1 fully saturated rings. The van der Waals surface area contributed by atoms with Gasteiger partial charge in [-0.25, -0.2) is 0 Å². The average molecular weight is 338 g/mol. The van der Waals surface area contributed by atoms with Crippen LogP contribution in [0.25, 0.3) is 0 Å². The molecule has 1 aromatic rings. The average Bonchev–Trinajstić information content (AvgIpc) is 2.56. The largest absolute Gasteiger partial charge is 0.486 e. The third kappa shape index (κ3) is 3.74. The first-order chi connectivity index (χ1) is 11.2. The van der Waals surface area contributed by atoms with Gasteiger partial charge in [-0.3, -0.25) is 4.79 Å². The summed E-state index contributed by atoms with van der Waals surface area (Å²) in [4.78, 5) is 14.8. The number of hydrogen-bond acceptors (Lipinski definition) is 3. The van der Waals surface area contributed by atoms with Gasteiger partial charge in [0.15, 0.2) is 11.5 Å². The fourth-order valence-corrected chi connectivity index (χ4v) is 3.86. The number of nitrogens with zero attached hydrogens (tertiary/aromatic N) is 1. The summed E-state index contributed by atoms with van der Waals surface area (Å²) >= 11 is 6.26. The van der Waals surface area contributed by atoms with Crippen LogP contribution in [0.4, 0.5) is 0 Å². The van der Waals surface area contributed by atoms with E-state index in [4.69, 9.17) is 21.1 Å². The Morgan fingerprint density at radius 2 is 1.96 bits per heavy atom. The van der Waals surface area contributed by atoms with Gasteiger partial charge < -0.3 is 14.4 Å². The smallest absolute Gasteiger partial charge is 0.227 e. The van der Waals surface area contributed by atoms with E-state index in [1.165, 1.54) is 19.3 Å². The van der Waals surface area contributed by atoms with E-state index < -0.39 is 0 Å². The van der Waals surface area contributed by atoms with Crippen LogP contribution in [-0.2, 0) is 11.2 Å². The lowest BCUT2D eigenvalue weighted by molar-refractivity contribution is -0.133. The van der Waals surface area contributed by atoms with Crippen LogP contribution in [0.5, 0.6) is 11.5 Å². The van der Waals surface area contributed by atoms with Gasteiger partial charge in [-0.15, -0.1) is 0 Å². The summed E-state index contributed by atoms with van der Waals surface area (Å²) in [6.07, 6.45) is 6.36. The molecule has 126 valence electrons. The standard InChI is InChI=1S/C18H24ClNO3/c1-2-20(14-6-4-3-5-7-14)17(21)12-13-10-15(19)18-16(11-13)22-8-9-23-18/h10-11,14H,2-9,12H2,1H3. The predicted octanol–water partition coefficient (Wildman–Crippen LogP) is 3.83. The number of halogens is 1. The maximum atomic E-state index is 12.7. The Balaban J connectivity index is 1.72. The molecule has 0 atom stereocenters. The van der Waals surface area contributed by atoms with Gasteiger partial charge in [0.2, 0.25) is 5.91 Å². The van der Waals surface area contributed by atoms with Crippen LogP contribution in [0.15, 0.2) is 12.1 Å². The van der Waals surface area contributed by atoms with Gasteiger partial charge in [0, 0.05) is 12.6 Å². The molecule has 0 radical (unpaired) electrons. The van der Waals surface area contributed by atoms with E-state index in [1.807, 2.05) is 17.0 Å². The zero-order valence-corrected chi connectivity index (χ0v) is 14.4. The van der Waals surface area contributed by atoms with E-state index in [1.54, 1.807) is 0 Å². The van der Waals surface area contributed by atoms with Crippen molar-refractivity contribution in [1.82, 2.24) is 4.90 Å². The van der Waals surface area contributed by atoms with Gasteiger partial charge in [-0.1, -0.05) is 30.9 Å². The van der Waals surface area contributed by atoms with Crippen molar-refractivity contribution in [2.45, 2.75) is 51.5 Å². The second-order valence-corrected chi connectivity index (χ2v) is 6.66. The van der Waals surface area contributed by atoms with Crippen LogP contribution in [0.3, 0.4) is 0 Å². The lowest BCUT2D eigenvalue weighted by Gasteiger charge is -2.33. The third-order valence-electron chi connectivity index (χ3n) is 4.69. The van der Waals surface area contributed by atoms with Crippen molar-refractivity contribution in [3.05, 3.63) is 22.7 Å². The summed E-state index contributed by atoms with van der Waals surface area (Å²) in [5.74, 6) is 1.41. The second-order valence-electron chi connectivity index (χ2n) is 6.25. The molecule has 0 unspecified atom stereocenters. The number of carbonyl (C=O) groups is 1. The monoisotopic (exact) mass is 337 g/mol. The Hall–Kier alpha value is -1.42. The Morgan fingerprint density at radius 1 is 1.22 bits per heavy atom. The maximum Gasteiger partial charge on any atom is 0.227 e. The molecule has 1 aliphatic carbocycles. The summed E-state index contributed by atoms with van der Waals surface area (Å²) in [5, 5.41) is 0.519. The van der Waals surface area contributed by atoms with Crippen molar-refractivity contribution in [2.24, 2.45) is 0 Å². The van der Waals surface area contributed by atoms with E-state index in [9.17, 15) is 4.79 Å². The third-order valence-corrected chi connectivity index (χ3v) is 4.97. The molecule has 0 saturated heterocycles. The van der Waals surface area contributed by atoms with Crippen LogP contribution in [0.1, 0.15) is 44.6 Å². The Kier molecular flexibility index (Phi) is 5.31. The van der Waals surface area contributed by atoms with Gasteiger partial charge in [-0.2, -0.15) is 0 Å². The van der Waals surface area contributed by atoms with E-state index in [2.05, 4.69) is 6.92 Å². The summed E-state index contributed by atoms with van der Waals surface area (Å²) in [6, 6.07) is 4.10. The van der Waals surface area contributed by atoms with Gasteiger partial charge in [0.25, 0.3) is 0 Å². The molecule has 4 nitrogen and oxygen atoms in total. The number of rotatable bonds is 4. The molecule has 1 saturated carbocycles. The van der Waals surface area contributed by atoms with Crippen molar-refractivity contribution in [1.29, 1.82) is 0 Å². The molecule has 0 N–H and O–H groups in total. The highest BCUT2D eigenvalue weighted by atomic mass is 35.5. The van der Waals surface area contributed by atoms with Crippen LogP contribution >= 0.6 is 11.6 Å². The van der Waals surface area contributed by atoms with E-state index in [0.717, 1.165) is 24.9 Å². The zero-order chi connectivity index (χ0) is 16.2. The van der Waals surface area contributed by atoms with Crippen molar-refractivity contribution in [3.8, 4) is 11.5 Å². The highest BCUT2D eigenvalue weighted by molar-refractivity contribution is 6.32. The Bertz CT molecular complexity index is 570. The minimum Gasteiger partial charge on any atom is -0.486 e. The number of benzene rings is 1. The maximum absolute atomic E-state index is 12.7. The number of hydrogen-bond donors (Lipinski definition) is 0. The zero-order valence-electron chi connectivity index (χ0n) is 13.6. The SMILES string of the molecule is CCN(C(=O)Cc1cc(Cl)c2c(c1)OCCO2)C1CCCCC1. The molecule has 23 heavy (non-hydrogen) atoms. The second kappa shape index (κ2) is 7.43. The number of amides is 1. The number of carbonyl (C=O) groups excluding carboxylic acids is 1. The van der Waals surface area contributed by atoms with Crippen LogP contribution in [0, 0.1) is 0 Å². The van der Waals surface area contributed by atoms with Gasteiger partial charge in [0.05, 0.1) is 11.4 Å². The first-order valence-corrected chi connectivity index (χ1v) is 8.94. The minimum atomic E-state index is 0.173. The fraction of sp³-hybridized carbons (Fsp3) is 0.611. The van der Waals surface area contributed by atoms with Crippen molar-refractivity contribution in [3.63, 3.8) is 0 Å². The molecular formula is C18H24ClNO3. The van der Waals surface area contributed by atoms with Crippen LogP contribution < -0.4 is 9.47 Å². The normalized spacial score (nSPS) is 17.8. The van der Waals surface area contributed by atoms with E-state index >= 15 is 0 Å². The molecule has 1 aliphatic heterocycles. The highest BCUT2D eigenvalue weighted by Crippen LogP contribution is 2.38. The highest BCUT2D eigenvalue weighted by Gasteiger charge is 2.25. The van der Waals surface area contributed by atoms with Crippen molar-refractivity contribution in [2.75, 3.05) is 19.8 Å². The lowest BCUT2D eigenvalue weighted by atomic mass is 9.93. The summed E-state index contributed by atoms with van der Waals surface area (Å²) in [7, 11) is 0. The predicted molar refractivity (Wildman–Crippen MR) is 90.4 cm³/mol. The molecule has 1 aromatic carbocycles. The Labute approximate surface area is 142 Å². The van der Waals surface area contributed by atoms with Gasteiger partial charge in [0.1, 0.15) is 13.2 Å². The number of ether oxygens (including phenoxy) is 2. The number of likely N-dealkylation sites (N-methyl/N-ethyl adjacent to an activating group) is 1. The molecule has 1 heterocycles. The first-order valence-electron chi connectivity index (χ1n) is 8.56. The molecular weight excluding hydrogens is 314 g/mol. The van der Waals surface area contributed by atoms with Crippen LogP contribution in [0.2, 0.25) is 5.02 Å². The molecule has 0 spiro atoms. The summed E-state index contributed by atoms with van der Waals surface area (Å²) < 4.78 is 11.1. The molecule has 0 bridgehead atoms. The van der Waals surface area contributed by atoms with Crippen molar-refractivity contribution >= 4 is 17.5 Å². The van der Waals surface area contributed by atoms with E-state index in [0.29, 0.717) is 42.2 Å². The van der Waals surface area contributed by atoms with Crippen LogP contribution in [-0.4, -0.2) is 36.6 Å². The van der Waals surface area contributed by atoms with Crippen molar-refractivity contribution < 1.29 is 14.3 Å². The van der Waals surface area contributed by atoms with E-state index in [-0.39, 0.29) is 5.91 Å². The molecule has 1 amide bonds. The molecule has 3 rings (SSSR count). The summed E-state index contributed by atoms with van der Waals surface area (Å²) in [5.41, 5.74) is 0.888. The van der Waals surface area contributed by atoms with Gasteiger partial charge >= 0.3 is 0 Å². The quantitative estimate of drug-likeness (QED) is 0.838. The Morgan fingerprint density at radius 3 is 2.70 bits per heavy atom. The first kappa shape index (κ1) is 16.4. The molecule has 2 aliphatic rings. The fourth-order valence-electron chi connectivity index (χ4n) is 3.57. The van der Waals surface area contributed by atoms with Gasteiger partial charge in [-0.05, 0) is 37.5 Å². The lowest BCUT2D eigenvalue weighted by Crippen LogP contribution is -2.42. The summed E-state index contributed by atoms with van der Waals surface area (Å²) in [6.45, 7) is 3.85. The number of fused-ring (bicyclic) bond motifs is 1.